The molecule has 0 bridgehead atoms. The van der Waals surface area contributed by atoms with Crippen LogP contribution in [0.5, 0.6) is 11.6 Å². The Morgan fingerprint density at radius 1 is 0.875 bits per heavy atom. The third-order valence-electron chi connectivity index (χ3n) is 4.65. The van der Waals surface area contributed by atoms with E-state index in [9.17, 15) is 9.90 Å². The van der Waals surface area contributed by atoms with Gasteiger partial charge in [0.2, 0.25) is 11.6 Å². The number of halogens is 1. The number of para-hydroxylation sites is 2. The lowest BCUT2D eigenvalue weighted by atomic mass is 10.3. The smallest absolute Gasteiger partial charge is 0.290 e. The van der Waals surface area contributed by atoms with Gasteiger partial charge in [0.1, 0.15) is 11.4 Å². The van der Waals surface area contributed by atoms with Gasteiger partial charge in [0.15, 0.2) is 4.77 Å². The molecular weight excluding hydrogens is 448 g/mol. The second-order valence-corrected chi connectivity index (χ2v) is 7.42. The molecule has 0 unspecified atom stereocenters. The number of aromatic hydroxyl groups is 1. The van der Waals surface area contributed by atoms with E-state index in [0.717, 1.165) is 0 Å². The molecule has 1 heterocycles. The van der Waals surface area contributed by atoms with Crippen LogP contribution >= 0.6 is 23.8 Å². The molecule has 0 aliphatic carbocycles. The van der Waals surface area contributed by atoms with Gasteiger partial charge in [-0.2, -0.15) is 0 Å². The lowest BCUT2D eigenvalue weighted by molar-refractivity contribution is 0.415. The molecule has 0 amide bonds. The summed E-state index contributed by atoms with van der Waals surface area (Å²) in [6, 6.07) is 22.5. The van der Waals surface area contributed by atoms with Gasteiger partial charge in [-0.3, -0.25) is 13.9 Å². The molecule has 9 heteroatoms. The molecule has 4 aromatic rings. The van der Waals surface area contributed by atoms with Gasteiger partial charge in [-0.15, -0.1) is 10.2 Å². The third kappa shape index (κ3) is 4.05. The van der Waals surface area contributed by atoms with Crippen molar-refractivity contribution < 1.29 is 9.84 Å². The van der Waals surface area contributed by atoms with E-state index in [1.54, 1.807) is 72.8 Å². The Hall–Kier alpha value is -3.75. The fourth-order valence-electron chi connectivity index (χ4n) is 3.12. The van der Waals surface area contributed by atoms with Crippen LogP contribution in [0.2, 0.25) is 5.02 Å². The zero-order valence-electron chi connectivity index (χ0n) is 16.8. The normalized spacial score (nSPS) is 11.1. The van der Waals surface area contributed by atoms with Crippen LogP contribution < -0.4 is 10.3 Å². The van der Waals surface area contributed by atoms with Gasteiger partial charge in [0.25, 0.3) is 5.56 Å². The number of azo groups is 1. The molecule has 0 radical (unpaired) electrons. The van der Waals surface area contributed by atoms with Crippen molar-refractivity contribution in [3.63, 3.8) is 0 Å². The van der Waals surface area contributed by atoms with Crippen molar-refractivity contribution in [3.8, 4) is 23.0 Å². The molecule has 0 spiro atoms. The Kier molecular flexibility index (Phi) is 6.16. The molecule has 0 atom stereocenters. The molecule has 32 heavy (non-hydrogen) atoms. The summed E-state index contributed by atoms with van der Waals surface area (Å²) in [5.74, 6) is 0.0396. The molecule has 1 N–H and O–H groups in total. The predicted octanol–water partition coefficient (Wildman–Crippen LogP) is 6.14. The molecule has 3 aromatic carbocycles. The van der Waals surface area contributed by atoms with E-state index in [-0.39, 0.29) is 10.5 Å². The van der Waals surface area contributed by atoms with Crippen molar-refractivity contribution in [1.29, 1.82) is 0 Å². The summed E-state index contributed by atoms with van der Waals surface area (Å²) in [5.41, 5.74) is 0.556. The average molecular weight is 465 g/mol. The molecule has 0 aliphatic rings. The lowest BCUT2D eigenvalue weighted by Crippen LogP contribution is -2.23. The number of aromatic nitrogens is 2. The summed E-state index contributed by atoms with van der Waals surface area (Å²) < 4.78 is 7.98. The van der Waals surface area contributed by atoms with Crippen LogP contribution in [0.1, 0.15) is 0 Å². The maximum atomic E-state index is 13.3. The Bertz CT molecular complexity index is 1410. The van der Waals surface area contributed by atoms with Crippen LogP contribution in [-0.4, -0.2) is 21.4 Å². The van der Waals surface area contributed by atoms with Gasteiger partial charge in [-0.25, -0.2) is 0 Å². The second kappa shape index (κ2) is 9.17. The van der Waals surface area contributed by atoms with E-state index in [1.807, 2.05) is 6.07 Å². The minimum atomic E-state index is -0.609. The first-order valence-electron chi connectivity index (χ1n) is 9.48. The number of rotatable bonds is 5. The third-order valence-corrected chi connectivity index (χ3v) is 5.27. The van der Waals surface area contributed by atoms with Gasteiger partial charge < -0.3 is 9.84 Å². The Morgan fingerprint density at radius 3 is 2.19 bits per heavy atom. The van der Waals surface area contributed by atoms with E-state index in [4.69, 9.17) is 28.6 Å². The summed E-state index contributed by atoms with van der Waals surface area (Å²) in [6.45, 7) is 0. The van der Waals surface area contributed by atoms with Crippen molar-refractivity contribution in [2.45, 2.75) is 0 Å². The number of hydrogen-bond acceptors (Lipinski definition) is 6. The summed E-state index contributed by atoms with van der Waals surface area (Å²) in [6.07, 6.45) is 0. The summed E-state index contributed by atoms with van der Waals surface area (Å²) >= 11 is 11.6. The first-order valence-corrected chi connectivity index (χ1v) is 10.3. The van der Waals surface area contributed by atoms with Gasteiger partial charge in [0.05, 0.1) is 18.5 Å². The molecule has 0 saturated carbocycles. The lowest BCUT2D eigenvalue weighted by Gasteiger charge is -2.16. The number of hydrogen-bond donors (Lipinski definition) is 1. The van der Waals surface area contributed by atoms with Crippen molar-refractivity contribution in [1.82, 2.24) is 9.13 Å². The van der Waals surface area contributed by atoms with Crippen LogP contribution in [0, 0.1) is 4.77 Å². The monoisotopic (exact) mass is 464 g/mol. The highest BCUT2D eigenvalue weighted by molar-refractivity contribution is 7.71. The first kappa shape index (κ1) is 21.5. The van der Waals surface area contributed by atoms with Gasteiger partial charge in [0, 0.05) is 5.02 Å². The quantitative estimate of drug-likeness (QED) is 0.284. The molecule has 160 valence electrons. The SMILES string of the molecule is COc1ccccc1N=Nc1c(O)n(-c2ccc(Cl)cc2)c(=S)n(-c2ccccc2)c1=O. The molecule has 0 saturated heterocycles. The molecule has 0 fully saturated rings. The minimum absolute atomic E-state index is 0.0669. The van der Waals surface area contributed by atoms with Gasteiger partial charge in [-0.1, -0.05) is 41.9 Å². The number of nitrogens with zero attached hydrogens (tertiary/aromatic N) is 4. The second-order valence-electron chi connectivity index (χ2n) is 6.61. The maximum Gasteiger partial charge on any atom is 0.290 e. The Balaban J connectivity index is 2.00. The fourth-order valence-corrected chi connectivity index (χ4v) is 3.62. The molecular formula is C23H17ClN4O3S. The van der Waals surface area contributed by atoms with Crippen LogP contribution in [0.15, 0.2) is 93.9 Å². The van der Waals surface area contributed by atoms with Crippen LogP contribution in [-0.2, 0) is 0 Å². The van der Waals surface area contributed by atoms with Crippen LogP contribution in [0.3, 0.4) is 0 Å². The highest BCUT2D eigenvalue weighted by atomic mass is 35.5. The zero-order chi connectivity index (χ0) is 22.7. The zero-order valence-corrected chi connectivity index (χ0v) is 18.4. The standard InChI is InChI=1S/C23H17ClN4O3S/c1-31-19-10-6-5-9-18(19)25-26-20-21(29)27(16-7-3-2-4-8-16)23(32)28(22(20)30)17-13-11-15(24)12-14-17/h2-14,30H,1H3. The van der Waals surface area contributed by atoms with Gasteiger partial charge >= 0.3 is 0 Å². The molecule has 0 aliphatic heterocycles. The number of methoxy groups -OCH3 is 1. The predicted molar refractivity (Wildman–Crippen MR) is 126 cm³/mol. The Morgan fingerprint density at radius 2 is 1.50 bits per heavy atom. The minimum Gasteiger partial charge on any atom is -0.494 e. The van der Waals surface area contributed by atoms with Crippen LogP contribution in [0.25, 0.3) is 11.4 Å². The largest absolute Gasteiger partial charge is 0.494 e. The molecule has 4 rings (SSSR count). The number of benzene rings is 3. The maximum absolute atomic E-state index is 13.3. The topological polar surface area (TPSA) is 81.1 Å². The van der Waals surface area contributed by atoms with E-state index in [1.165, 1.54) is 16.2 Å². The summed E-state index contributed by atoms with van der Waals surface area (Å²) in [4.78, 5) is 13.3. The highest BCUT2D eigenvalue weighted by Crippen LogP contribution is 2.32. The van der Waals surface area contributed by atoms with Crippen molar-refractivity contribution in [3.05, 3.63) is 99.0 Å². The van der Waals surface area contributed by atoms with E-state index < -0.39 is 11.4 Å². The average Bonchev–Trinajstić information content (AvgIpc) is 2.81. The van der Waals surface area contributed by atoms with Crippen LogP contribution in [0.4, 0.5) is 11.4 Å². The van der Waals surface area contributed by atoms with Crippen molar-refractivity contribution in [2.75, 3.05) is 7.11 Å². The van der Waals surface area contributed by atoms with E-state index in [2.05, 4.69) is 10.2 Å². The molecule has 1 aromatic heterocycles. The summed E-state index contributed by atoms with van der Waals surface area (Å²) in [5, 5.41) is 19.8. The van der Waals surface area contributed by atoms with Crippen molar-refractivity contribution >= 4 is 35.2 Å². The van der Waals surface area contributed by atoms with E-state index >= 15 is 0 Å². The van der Waals surface area contributed by atoms with Gasteiger partial charge in [-0.05, 0) is 60.7 Å². The highest BCUT2D eigenvalue weighted by Gasteiger charge is 2.19. The number of ether oxygens (including phenoxy) is 1. The molecule has 7 nitrogen and oxygen atoms in total. The van der Waals surface area contributed by atoms with Crippen molar-refractivity contribution in [2.24, 2.45) is 10.2 Å². The van der Waals surface area contributed by atoms with E-state index in [0.29, 0.717) is 27.8 Å². The fraction of sp³-hybridized carbons (Fsp3) is 0.0435. The summed E-state index contributed by atoms with van der Waals surface area (Å²) in [7, 11) is 1.51. The first-order chi connectivity index (χ1) is 15.5. The Labute approximate surface area is 193 Å².